The van der Waals surface area contributed by atoms with E-state index in [1.807, 2.05) is 0 Å². The van der Waals surface area contributed by atoms with E-state index in [2.05, 4.69) is 4.74 Å². The van der Waals surface area contributed by atoms with E-state index >= 15 is 0 Å². The monoisotopic (exact) mass is 169 g/mol. The molecule has 12 heavy (non-hydrogen) atoms. The number of ether oxygens (including phenoxy) is 1. The van der Waals surface area contributed by atoms with Gasteiger partial charge in [0.15, 0.2) is 0 Å². The number of carbonyl (C=O) groups is 1. The van der Waals surface area contributed by atoms with Gasteiger partial charge in [0.2, 0.25) is 0 Å². The van der Waals surface area contributed by atoms with Crippen LogP contribution in [0.25, 0.3) is 6.05 Å². The third-order valence-corrected chi connectivity index (χ3v) is 0.975. The Morgan fingerprint density at radius 2 is 2.25 bits per heavy atom. The first-order valence-corrected chi connectivity index (χ1v) is 3.07. The van der Waals surface area contributed by atoms with Gasteiger partial charge in [0.25, 0.3) is 0 Å². The zero-order valence-corrected chi connectivity index (χ0v) is 6.32. The summed E-state index contributed by atoms with van der Waals surface area (Å²) in [6, 6.07) is -4.77. The normalized spacial score (nSPS) is 19.9. The van der Waals surface area contributed by atoms with Crippen LogP contribution in [0.15, 0.2) is 36.3 Å². The van der Waals surface area contributed by atoms with Crippen LogP contribution in [0.4, 0.5) is 0 Å². The zero-order chi connectivity index (χ0) is 14.9. The lowest BCUT2D eigenvalue weighted by molar-refractivity contribution is -0.134. The summed E-state index contributed by atoms with van der Waals surface area (Å²) in [7, 11) is 1.02. The predicted octanol–water partition coefficient (Wildman–Crippen LogP) is 1.87. The van der Waals surface area contributed by atoms with Crippen LogP contribution in [0.3, 0.4) is 0 Å². The maximum Gasteiger partial charge on any atom is 0.330 e. The van der Waals surface area contributed by atoms with Crippen molar-refractivity contribution in [1.82, 2.24) is 0 Å². The van der Waals surface area contributed by atoms with Crippen LogP contribution in [0.5, 0.6) is 0 Å². The molecule has 0 unspecified atom stereocenters. The molecule has 0 aliphatic rings. The number of hydrogen-bond acceptors (Lipinski definition) is 2. The first-order valence-electron chi connectivity index (χ1n) is 6.57. The zero-order valence-electron chi connectivity index (χ0n) is 13.3. The van der Waals surface area contributed by atoms with Crippen molar-refractivity contribution in [2.45, 2.75) is 0 Å². The van der Waals surface area contributed by atoms with Crippen molar-refractivity contribution in [3.63, 3.8) is 0 Å². The van der Waals surface area contributed by atoms with Crippen LogP contribution in [-0.2, 0) is 9.53 Å². The first-order chi connectivity index (χ1) is 8.73. The Bertz CT molecular complexity index is 551. The summed E-state index contributed by atoms with van der Waals surface area (Å²) in [5.41, 5.74) is -0.499. The van der Waals surface area contributed by atoms with Gasteiger partial charge in [0.1, 0.15) is 0 Å². The van der Waals surface area contributed by atoms with E-state index < -0.39 is 53.8 Å². The van der Waals surface area contributed by atoms with Crippen molar-refractivity contribution in [3.05, 3.63) is 41.8 Å². The Balaban J connectivity index is 3.66. The van der Waals surface area contributed by atoms with Gasteiger partial charge in [-0.1, -0.05) is 30.2 Å². The lowest BCUT2D eigenvalue weighted by atomic mass is 10.2. The molecule has 0 aliphatic carbocycles. The molecule has 0 bridgehead atoms. The Labute approximate surface area is 81.3 Å². The second kappa shape index (κ2) is 4.34. The molecule has 1 aromatic carbocycles. The summed E-state index contributed by atoms with van der Waals surface area (Å²) < 4.78 is 56.7. The van der Waals surface area contributed by atoms with Crippen molar-refractivity contribution in [2.75, 3.05) is 7.11 Å². The van der Waals surface area contributed by atoms with E-state index in [0.29, 0.717) is 0 Å². The van der Waals surface area contributed by atoms with Crippen LogP contribution in [0, 0.1) is 0 Å². The Hall–Kier alpha value is -1.57. The molecule has 0 aromatic heterocycles. The number of rotatable bonds is 2. The van der Waals surface area contributed by atoms with E-state index in [-0.39, 0.29) is 0 Å². The largest absolute Gasteiger partial charge is 0.466 e. The molecule has 0 saturated carbocycles. The smallest absolute Gasteiger partial charge is 0.330 e. The van der Waals surface area contributed by atoms with Crippen molar-refractivity contribution in [3.8, 4) is 0 Å². The number of benzene rings is 1. The lowest BCUT2D eigenvalue weighted by Gasteiger charge is -1.91. The van der Waals surface area contributed by atoms with Gasteiger partial charge < -0.3 is 4.74 Å². The maximum atomic E-state index is 11.1. The molecule has 0 N–H and O–H groups in total. The molecule has 0 saturated heterocycles. The lowest BCUT2D eigenvalue weighted by Crippen LogP contribution is -1.92. The van der Waals surface area contributed by atoms with Gasteiger partial charge in [0, 0.05) is 6.05 Å². The highest BCUT2D eigenvalue weighted by atomic mass is 16.5. The SMILES string of the molecule is [2H]/C(C(=O)OC)=C(/[2H])c1c([2H])c([2H])c([2H])c([2H])c1[2H]. The quantitative estimate of drug-likeness (QED) is 0.499. The average molecular weight is 169 g/mol. The van der Waals surface area contributed by atoms with Crippen LogP contribution >= 0.6 is 0 Å². The molecule has 0 spiro atoms. The molecule has 2 nitrogen and oxygen atoms in total. The number of hydrogen-bond donors (Lipinski definition) is 0. The van der Waals surface area contributed by atoms with E-state index in [4.69, 9.17) is 9.60 Å². The predicted molar refractivity (Wildman–Crippen MR) is 47.5 cm³/mol. The van der Waals surface area contributed by atoms with E-state index in [9.17, 15) is 4.79 Å². The molecule has 0 heterocycles. The number of methoxy groups -OCH3 is 1. The highest BCUT2D eigenvalue weighted by Crippen LogP contribution is 2.00. The Morgan fingerprint density at radius 1 is 1.58 bits per heavy atom. The Morgan fingerprint density at radius 3 is 2.83 bits per heavy atom. The Kier molecular flexibility index (Phi) is 1.10. The van der Waals surface area contributed by atoms with Gasteiger partial charge in [-0.05, 0) is 11.6 Å². The third kappa shape index (κ3) is 2.58. The summed E-state index contributed by atoms with van der Waals surface area (Å²) in [5, 5.41) is 0. The summed E-state index contributed by atoms with van der Waals surface area (Å²) in [4.78, 5) is 11.1. The van der Waals surface area contributed by atoms with Gasteiger partial charge >= 0.3 is 5.97 Å². The molecule has 1 aromatic rings. The van der Waals surface area contributed by atoms with Crippen molar-refractivity contribution >= 4 is 12.0 Å². The van der Waals surface area contributed by atoms with Crippen LogP contribution in [0.1, 0.15) is 15.2 Å². The summed E-state index contributed by atoms with van der Waals surface area (Å²) in [5.74, 6) is -1.11. The molecular formula is C10H10O2. The van der Waals surface area contributed by atoms with Crippen molar-refractivity contribution < 1.29 is 19.1 Å². The van der Waals surface area contributed by atoms with Gasteiger partial charge in [-0.25, -0.2) is 4.79 Å². The fraction of sp³-hybridized carbons (Fsp3) is 0.100. The van der Waals surface area contributed by atoms with E-state index in [1.165, 1.54) is 0 Å². The second-order valence-corrected chi connectivity index (χ2v) is 1.74. The minimum atomic E-state index is -1.11. The third-order valence-electron chi connectivity index (χ3n) is 0.975. The summed E-state index contributed by atoms with van der Waals surface area (Å²) in [6.07, 6.45) is 0. The van der Waals surface area contributed by atoms with Gasteiger partial charge in [-0.2, -0.15) is 0 Å². The van der Waals surface area contributed by atoms with Gasteiger partial charge in [-0.15, -0.1) is 0 Å². The molecule has 2 heteroatoms. The fourth-order valence-corrected chi connectivity index (χ4v) is 0.477. The van der Waals surface area contributed by atoms with Gasteiger partial charge in [0.05, 0.1) is 16.7 Å². The summed E-state index contributed by atoms with van der Waals surface area (Å²) >= 11 is 0. The molecule has 0 radical (unpaired) electrons. The molecule has 0 fully saturated rings. The van der Waals surface area contributed by atoms with Gasteiger partial charge in [-0.3, -0.25) is 0 Å². The van der Waals surface area contributed by atoms with Crippen LogP contribution in [-0.4, -0.2) is 13.1 Å². The molecule has 0 amide bonds. The van der Waals surface area contributed by atoms with Crippen molar-refractivity contribution in [1.29, 1.82) is 0 Å². The minimum absolute atomic E-state index is 0.499. The second-order valence-electron chi connectivity index (χ2n) is 1.74. The summed E-state index contributed by atoms with van der Waals surface area (Å²) in [6.45, 7) is 0. The van der Waals surface area contributed by atoms with Crippen LogP contribution < -0.4 is 0 Å². The van der Waals surface area contributed by atoms with Crippen molar-refractivity contribution in [2.24, 2.45) is 0 Å². The topological polar surface area (TPSA) is 26.3 Å². The molecular weight excluding hydrogens is 152 g/mol. The molecule has 1 rings (SSSR count). The highest BCUT2D eigenvalue weighted by Gasteiger charge is 1.89. The standard InChI is InChI=1S/C10H10O2/c1-12-10(11)8-7-9-5-3-2-4-6-9/h2-8H,1H3/b8-7+/i2D,3D,4D,5D,6D,7D,8D. The minimum Gasteiger partial charge on any atom is -0.466 e. The fourth-order valence-electron chi connectivity index (χ4n) is 0.477. The molecule has 0 atom stereocenters. The van der Waals surface area contributed by atoms with E-state index in [1.54, 1.807) is 0 Å². The first kappa shape index (κ1) is 3.05. The number of carbonyl (C=O) groups excluding carboxylic acids is 1. The molecule has 62 valence electrons. The highest BCUT2D eigenvalue weighted by molar-refractivity contribution is 5.86. The van der Waals surface area contributed by atoms with Crippen LogP contribution in [0.2, 0.25) is 0 Å². The maximum absolute atomic E-state index is 11.1. The molecule has 0 aliphatic heterocycles. The van der Waals surface area contributed by atoms with E-state index in [0.717, 1.165) is 7.11 Å². The number of esters is 1. The average Bonchev–Trinajstić information content (AvgIpc) is 2.41.